The molecular weight excluding hydrogens is 398 g/mol. The van der Waals surface area contributed by atoms with Crippen molar-refractivity contribution >= 4 is 23.2 Å². The SMILES string of the molecule is CC[C@@H](C)c1ccc(NC(=O)c2ccc(C(=O)Nc3ccc([C@@H](C)CC)cc3)cn2)cc1. The van der Waals surface area contributed by atoms with Crippen LogP contribution in [0, 0.1) is 0 Å². The van der Waals surface area contributed by atoms with Gasteiger partial charge in [0.25, 0.3) is 11.8 Å². The summed E-state index contributed by atoms with van der Waals surface area (Å²) in [5, 5.41) is 5.72. The molecule has 0 aliphatic heterocycles. The van der Waals surface area contributed by atoms with Crippen molar-refractivity contribution < 1.29 is 9.59 Å². The normalized spacial score (nSPS) is 12.6. The Morgan fingerprint density at radius 1 is 0.719 bits per heavy atom. The summed E-state index contributed by atoms with van der Waals surface area (Å²) in [6, 6.07) is 18.9. The van der Waals surface area contributed by atoms with Crippen LogP contribution in [0.3, 0.4) is 0 Å². The summed E-state index contributed by atoms with van der Waals surface area (Å²) >= 11 is 0. The fourth-order valence-corrected chi connectivity index (χ4v) is 3.32. The maximum absolute atomic E-state index is 12.5. The Morgan fingerprint density at radius 2 is 1.19 bits per heavy atom. The maximum atomic E-state index is 12.5. The lowest BCUT2D eigenvalue weighted by molar-refractivity contribution is 0.101. The van der Waals surface area contributed by atoms with Gasteiger partial charge in [0.05, 0.1) is 5.56 Å². The van der Waals surface area contributed by atoms with E-state index in [0.717, 1.165) is 18.5 Å². The lowest BCUT2D eigenvalue weighted by Gasteiger charge is -2.11. The van der Waals surface area contributed by atoms with Crippen molar-refractivity contribution in [3.8, 4) is 0 Å². The molecule has 32 heavy (non-hydrogen) atoms. The first-order valence-corrected chi connectivity index (χ1v) is 11.2. The third-order valence-corrected chi connectivity index (χ3v) is 5.96. The van der Waals surface area contributed by atoms with E-state index in [1.165, 1.54) is 17.3 Å². The topological polar surface area (TPSA) is 71.1 Å². The number of nitrogens with zero attached hydrogens (tertiary/aromatic N) is 1. The number of hydrogen-bond donors (Lipinski definition) is 2. The van der Waals surface area contributed by atoms with Gasteiger partial charge in [0.1, 0.15) is 5.69 Å². The van der Waals surface area contributed by atoms with Gasteiger partial charge in [0.15, 0.2) is 0 Å². The highest BCUT2D eigenvalue weighted by molar-refractivity contribution is 6.06. The van der Waals surface area contributed by atoms with Crippen molar-refractivity contribution in [2.45, 2.75) is 52.4 Å². The van der Waals surface area contributed by atoms with Crippen LogP contribution in [0.5, 0.6) is 0 Å². The van der Waals surface area contributed by atoms with E-state index in [1.807, 2.05) is 48.5 Å². The lowest BCUT2D eigenvalue weighted by atomic mass is 9.98. The molecule has 0 spiro atoms. The summed E-state index contributed by atoms with van der Waals surface area (Å²) in [7, 11) is 0. The number of carbonyl (C=O) groups excluding carboxylic acids is 2. The number of nitrogens with one attached hydrogen (secondary N) is 2. The smallest absolute Gasteiger partial charge is 0.274 e. The minimum absolute atomic E-state index is 0.255. The zero-order valence-corrected chi connectivity index (χ0v) is 19.2. The Morgan fingerprint density at radius 3 is 1.59 bits per heavy atom. The first-order valence-electron chi connectivity index (χ1n) is 11.2. The molecule has 5 heteroatoms. The number of hydrogen-bond acceptors (Lipinski definition) is 3. The standard InChI is InChI=1S/C27H31N3O2/c1-5-18(3)20-7-12-23(13-8-20)29-26(31)22-11-16-25(28-17-22)27(32)30-24-14-9-21(10-15-24)19(4)6-2/h7-19H,5-6H2,1-4H3,(H,29,31)(H,30,32)/t18-,19+/m0/s1. The largest absolute Gasteiger partial charge is 0.322 e. The van der Waals surface area contributed by atoms with Gasteiger partial charge >= 0.3 is 0 Å². The number of benzene rings is 2. The van der Waals surface area contributed by atoms with Crippen molar-refractivity contribution in [3.63, 3.8) is 0 Å². The Labute approximate surface area is 190 Å². The van der Waals surface area contributed by atoms with E-state index in [-0.39, 0.29) is 17.5 Å². The Balaban J connectivity index is 1.60. The minimum Gasteiger partial charge on any atom is -0.322 e. The fraction of sp³-hybridized carbons (Fsp3) is 0.296. The summed E-state index contributed by atoms with van der Waals surface area (Å²) in [5.74, 6) is 0.397. The predicted molar refractivity (Wildman–Crippen MR) is 130 cm³/mol. The van der Waals surface area contributed by atoms with E-state index in [2.05, 4.69) is 43.3 Å². The molecule has 0 fully saturated rings. The third kappa shape index (κ3) is 5.82. The number of aromatic nitrogens is 1. The monoisotopic (exact) mass is 429 g/mol. The summed E-state index contributed by atoms with van der Waals surface area (Å²) in [5.41, 5.74) is 4.58. The molecule has 3 aromatic rings. The molecule has 0 bridgehead atoms. The van der Waals surface area contributed by atoms with Gasteiger partial charge in [-0.25, -0.2) is 0 Å². The van der Waals surface area contributed by atoms with Crippen LogP contribution in [0.15, 0.2) is 66.9 Å². The van der Waals surface area contributed by atoms with Crippen molar-refractivity contribution in [2.75, 3.05) is 10.6 Å². The second kappa shape index (κ2) is 10.7. The van der Waals surface area contributed by atoms with E-state index in [0.29, 0.717) is 23.1 Å². The number of amides is 2. The number of pyridine rings is 1. The van der Waals surface area contributed by atoms with Crippen LogP contribution >= 0.6 is 0 Å². The van der Waals surface area contributed by atoms with Crippen molar-refractivity contribution in [1.29, 1.82) is 0 Å². The Bertz CT molecular complexity index is 955. The molecule has 0 radical (unpaired) electrons. The highest BCUT2D eigenvalue weighted by Gasteiger charge is 2.12. The molecule has 166 valence electrons. The van der Waals surface area contributed by atoms with Crippen LogP contribution < -0.4 is 10.6 Å². The molecule has 0 aliphatic carbocycles. The fourth-order valence-electron chi connectivity index (χ4n) is 3.32. The summed E-state index contributed by atoms with van der Waals surface area (Å²) in [6.07, 6.45) is 3.56. The molecule has 0 unspecified atom stereocenters. The van der Waals surface area contributed by atoms with Crippen molar-refractivity contribution in [2.24, 2.45) is 0 Å². The Kier molecular flexibility index (Phi) is 7.77. The number of rotatable bonds is 8. The van der Waals surface area contributed by atoms with E-state index in [1.54, 1.807) is 12.1 Å². The van der Waals surface area contributed by atoms with Crippen molar-refractivity contribution in [1.82, 2.24) is 4.98 Å². The summed E-state index contributed by atoms with van der Waals surface area (Å²) in [4.78, 5) is 29.2. The summed E-state index contributed by atoms with van der Waals surface area (Å²) < 4.78 is 0. The quantitative estimate of drug-likeness (QED) is 0.423. The molecule has 5 nitrogen and oxygen atoms in total. The van der Waals surface area contributed by atoms with Gasteiger partial charge in [-0.2, -0.15) is 0 Å². The molecule has 3 rings (SSSR count). The molecule has 1 heterocycles. The highest BCUT2D eigenvalue weighted by atomic mass is 16.2. The van der Waals surface area contributed by atoms with Gasteiger partial charge in [-0.15, -0.1) is 0 Å². The van der Waals surface area contributed by atoms with E-state index < -0.39 is 0 Å². The van der Waals surface area contributed by atoms with E-state index in [9.17, 15) is 9.59 Å². The summed E-state index contributed by atoms with van der Waals surface area (Å²) in [6.45, 7) is 8.66. The van der Waals surface area contributed by atoms with Crippen LogP contribution in [0.2, 0.25) is 0 Å². The van der Waals surface area contributed by atoms with Crippen LogP contribution in [-0.2, 0) is 0 Å². The first kappa shape index (κ1) is 23.2. The molecule has 2 atom stereocenters. The van der Waals surface area contributed by atoms with Crippen LogP contribution in [-0.4, -0.2) is 16.8 Å². The van der Waals surface area contributed by atoms with Crippen LogP contribution in [0.4, 0.5) is 11.4 Å². The maximum Gasteiger partial charge on any atom is 0.274 e. The predicted octanol–water partition coefficient (Wildman–Crippen LogP) is 6.61. The van der Waals surface area contributed by atoms with Gasteiger partial charge in [0.2, 0.25) is 0 Å². The molecule has 0 aliphatic rings. The Hall–Kier alpha value is -3.47. The molecule has 2 N–H and O–H groups in total. The van der Waals surface area contributed by atoms with Crippen LogP contribution in [0.1, 0.15) is 84.3 Å². The highest BCUT2D eigenvalue weighted by Crippen LogP contribution is 2.22. The van der Waals surface area contributed by atoms with Gasteiger partial charge in [-0.05, 0) is 72.2 Å². The zero-order valence-electron chi connectivity index (χ0n) is 19.2. The van der Waals surface area contributed by atoms with Gasteiger partial charge in [-0.1, -0.05) is 52.0 Å². The average molecular weight is 430 g/mol. The minimum atomic E-state index is -0.311. The van der Waals surface area contributed by atoms with Gasteiger partial charge in [0, 0.05) is 17.6 Å². The zero-order chi connectivity index (χ0) is 23.1. The van der Waals surface area contributed by atoms with Gasteiger partial charge < -0.3 is 10.6 Å². The van der Waals surface area contributed by atoms with E-state index in [4.69, 9.17) is 0 Å². The molecule has 0 saturated heterocycles. The second-order valence-corrected chi connectivity index (χ2v) is 8.20. The molecule has 1 aromatic heterocycles. The number of anilines is 2. The van der Waals surface area contributed by atoms with E-state index >= 15 is 0 Å². The molecule has 2 amide bonds. The third-order valence-electron chi connectivity index (χ3n) is 5.96. The molecule has 0 saturated carbocycles. The van der Waals surface area contributed by atoms with Crippen molar-refractivity contribution in [3.05, 3.63) is 89.2 Å². The molecular formula is C27H31N3O2. The van der Waals surface area contributed by atoms with Crippen LogP contribution in [0.25, 0.3) is 0 Å². The first-order chi connectivity index (χ1) is 15.4. The van der Waals surface area contributed by atoms with Gasteiger partial charge in [-0.3, -0.25) is 14.6 Å². The number of carbonyl (C=O) groups is 2. The second-order valence-electron chi connectivity index (χ2n) is 8.20. The molecule has 2 aromatic carbocycles. The lowest BCUT2D eigenvalue weighted by Crippen LogP contribution is -2.16. The average Bonchev–Trinajstić information content (AvgIpc) is 2.84.